The zero-order valence-electron chi connectivity index (χ0n) is 17.0. The molecule has 2 rings (SSSR count). The number of benzene rings is 1. The van der Waals surface area contributed by atoms with E-state index < -0.39 is 0 Å². The molecule has 7 nitrogen and oxygen atoms in total. The van der Waals surface area contributed by atoms with Crippen molar-refractivity contribution in [1.82, 2.24) is 20.0 Å². The van der Waals surface area contributed by atoms with Crippen LogP contribution in [-0.4, -0.2) is 87.2 Å². The molecule has 1 fully saturated rings. The molecule has 0 bridgehead atoms. The number of likely N-dealkylation sites (N-methyl/N-ethyl adjacent to an activating group) is 1. The van der Waals surface area contributed by atoms with E-state index in [1.165, 1.54) is 6.07 Å². The van der Waals surface area contributed by atoms with Crippen molar-refractivity contribution < 1.29 is 13.9 Å². The Morgan fingerprint density at radius 1 is 1.29 bits per heavy atom. The zero-order chi connectivity index (χ0) is 19.8. The van der Waals surface area contributed by atoms with Gasteiger partial charge in [0.25, 0.3) is 0 Å². The fraction of sp³-hybridized carbons (Fsp3) is 0.579. The Morgan fingerprint density at radius 2 is 1.93 bits per heavy atom. The van der Waals surface area contributed by atoms with Gasteiger partial charge < -0.3 is 24.8 Å². The molecule has 0 spiro atoms. The average molecular weight is 507 g/mol. The number of aliphatic imine (C=N–C) groups is 1. The van der Waals surface area contributed by atoms with Crippen LogP contribution in [0.4, 0.5) is 9.18 Å². The molecule has 1 aromatic rings. The van der Waals surface area contributed by atoms with E-state index in [4.69, 9.17) is 4.74 Å². The van der Waals surface area contributed by atoms with Gasteiger partial charge in [-0.1, -0.05) is 12.1 Å². The van der Waals surface area contributed by atoms with Gasteiger partial charge in [0, 0.05) is 39.8 Å². The molecule has 158 valence electrons. The summed E-state index contributed by atoms with van der Waals surface area (Å²) >= 11 is 0. The fourth-order valence-corrected chi connectivity index (χ4v) is 3.15. The second-order valence-electron chi connectivity index (χ2n) is 6.64. The number of ether oxygens (including phenoxy) is 1. The van der Waals surface area contributed by atoms with Gasteiger partial charge >= 0.3 is 6.09 Å². The Kier molecular flexibility index (Phi) is 10.5. The van der Waals surface area contributed by atoms with Gasteiger partial charge in [0.05, 0.1) is 12.6 Å². The topological polar surface area (TPSA) is 60.4 Å². The van der Waals surface area contributed by atoms with Crippen molar-refractivity contribution in [2.75, 3.05) is 60.5 Å². The van der Waals surface area contributed by atoms with Gasteiger partial charge in [-0.05, 0) is 38.7 Å². The molecular formula is C19H31FIN5O2. The van der Waals surface area contributed by atoms with Crippen molar-refractivity contribution in [3.05, 3.63) is 35.6 Å². The number of halogens is 2. The predicted octanol–water partition coefficient (Wildman–Crippen LogP) is 2.40. The molecule has 1 aliphatic rings. The Balaban J connectivity index is 0.00000392. The van der Waals surface area contributed by atoms with Gasteiger partial charge in [-0.2, -0.15) is 0 Å². The van der Waals surface area contributed by atoms with Gasteiger partial charge in [0.1, 0.15) is 5.82 Å². The summed E-state index contributed by atoms with van der Waals surface area (Å²) in [5, 5.41) is 3.38. The first kappa shape index (κ1) is 24.4. The largest absolute Gasteiger partial charge is 0.450 e. The highest BCUT2D eigenvalue weighted by molar-refractivity contribution is 14.0. The van der Waals surface area contributed by atoms with E-state index in [0.717, 1.165) is 11.5 Å². The third kappa shape index (κ3) is 6.77. The monoisotopic (exact) mass is 507 g/mol. The summed E-state index contributed by atoms with van der Waals surface area (Å²) in [6.45, 7) is 5.35. The summed E-state index contributed by atoms with van der Waals surface area (Å²) in [4.78, 5) is 22.1. The molecule has 0 saturated carbocycles. The van der Waals surface area contributed by atoms with Crippen LogP contribution < -0.4 is 5.32 Å². The van der Waals surface area contributed by atoms with Crippen molar-refractivity contribution in [2.45, 2.75) is 13.0 Å². The Bertz CT molecular complexity index is 651. The fourth-order valence-electron chi connectivity index (χ4n) is 3.15. The molecule has 1 saturated heterocycles. The Labute approximate surface area is 183 Å². The molecule has 0 aliphatic carbocycles. The minimum Gasteiger partial charge on any atom is -0.450 e. The van der Waals surface area contributed by atoms with Crippen molar-refractivity contribution in [3.63, 3.8) is 0 Å². The number of guanidine groups is 1. The summed E-state index contributed by atoms with van der Waals surface area (Å²) in [6.07, 6.45) is -0.265. The van der Waals surface area contributed by atoms with Crippen LogP contribution in [0.1, 0.15) is 18.5 Å². The molecule has 1 aromatic carbocycles. The van der Waals surface area contributed by atoms with E-state index in [2.05, 4.69) is 15.2 Å². The lowest BCUT2D eigenvalue weighted by Crippen LogP contribution is -2.54. The van der Waals surface area contributed by atoms with E-state index in [1.807, 2.05) is 25.1 Å². The van der Waals surface area contributed by atoms with Gasteiger partial charge in [-0.3, -0.25) is 4.99 Å². The van der Waals surface area contributed by atoms with E-state index >= 15 is 0 Å². The van der Waals surface area contributed by atoms with Gasteiger partial charge in [0.2, 0.25) is 0 Å². The predicted molar refractivity (Wildman–Crippen MR) is 120 cm³/mol. The average Bonchev–Trinajstić information content (AvgIpc) is 2.65. The first-order chi connectivity index (χ1) is 13.0. The number of nitrogens with one attached hydrogen (secondary N) is 1. The lowest BCUT2D eigenvalue weighted by atomic mass is 10.1. The number of nitrogens with zero attached hydrogens (tertiary/aromatic N) is 4. The highest BCUT2D eigenvalue weighted by Gasteiger charge is 2.24. The number of carbonyl (C=O) groups is 1. The summed E-state index contributed by atoms with van der Waals surface area (Å²) in [5.41, 5.74) is 0.912. The molecule has 0 radical (unpaired) electrons. The van der Waals surface area contributed by atoms with E-state index in [9.17, 15) is 9.18 Å². The number of hydrogen-bond acceptors (Lipinski definition) is 4. The van der Waals surface area contributed by atoms with Crippen molar-refractivity contribution >= 4 is 36.0 Å². The molecule has 1 N–H and O–H groups in total. The Morgan fingerprint density at radius 3 is 2.46 bits per heavy atom. The molecule has 1 amide bonds. The normalized spacial score (nSPS) is 15.9. The smallest absolute Gasteiger partial charge is 0.409 e. The number of piperazine rings is 1. The summed E-state index contributed by atoms with van der Waals surface area (Å²) < 4.78 is 18.6. The van der Waals surface area contributed by atoms with Crippen LogP contribution in [-0.2, 0) is 4.74 Å². The highest BCUT2D eigenvalue weighted by atomic mass is 127. The maximum absolute atomic E-state index is 13.6. The van der Waals surface area contributed by atoms with Crippen LogP contribution in [0.2, 0.25) is 0 Å². The molecular weight excluding hydrogens is 476 g/mol. The molecule has 0 aromatic heterocycles. The lowest BCUT2D eigenvalue weighted by Gasteiger charge is -2.36. The first-order valence-electron chi connectivity index (χ1n) is 9.25. The number of hydrogen-bond donors (Lipinski definition) is 1. The van der Waals surface area contributed by atoms with Gasteiger partial charge in [-0.25, -0.2) is 9.18 Å². The van der Waals surface area contributed by atoms with E-state index in [-0.39, 0.29) is 41.9 Å². The molecule has 9 heteroatoms. The van der Waals surface area contributed by atoms with Crippen LogP contribution >= 0.6 is 24.0 Å². The maximum atomic E-state index is 13.6. The molecule has 1 unspecified atom stereocenters. The van der Waals surface area contributed by atoms with Gasteiger partial charge in [0.15, 0.2) is 5.96 Å². The SMILES string of the molecule is CCOC(=O)N1CCN(C(=NC)NCC(c2cccc(F)c2)N(C)C)CC1.I. The minimum atomic E-state index is -0.265. The number of rotatable bonds is 5. The lowest BCUT2D eigenvalue weighted by molar-refractivity contribution is 0.0914. The third-order valence-electron chi connectivity index (χ3n) is 4.63. The molecule has 1 atom stereocenters. The maximum Gasteiger partial charge on any atom is 0.409 e. The van der Waals surface area contributed by atoms with Crippen LogP contribution in [0.25, 0.3) is 0 Å². The van der Waals surface area contributed by atoms with Crippen molar-refractivity contribution in [1.29, 1.82) is 0 Å². The van der Waals surface area contributed by atoms with Crippen LogP contribution in [0.5, 0.6) is 0 Å². The van der Waals surface area contributed by atoms with Gasteiger partial charge in [-0.15, -0.1) is 24.0 Å². The van der Waals surface area contributed by atoms with Crippen LogP contribution in [0, 0.1) is 5.82 Å². The van der Waals surface area contributed by atoms with Crippen molar-refractivity contribution in [2.24, 2.45) is 4.99 Å². The number of amides is 1. The minimum absolute atomic E-state index is 0. The molecule has 1 aliphatic heterocycles. The zero-order valence-corrected chi connectivity index (χ0v) is 19.4. The number of carbonyl (C=O) groups excluding carboxylic acids is 1. The van der Waals surface area contributed by atoms with Crippen LogP contribution in [0.15, 0.2) is 29.3 Å². The summed E-state index contributed by atoms with van der Waals surface area (Å²) in [5.74, 6) is 0.542. The summed E-state index contributed by atoms with van der Waals surface area (Å²) in [7, 11) is 5.68. The first-order valence-corrected chi connectivity index (χ1v) is 9.25. The Hall–Kier alpha value is -1.62. The standard InChI is InChI=1S/C19H30FN5O2.HI/c1-5-27-19(26)25-11-9-24(10-12-25)18(21-2)22-14-17(23(3)4)15-7-6-8-16(20)13-15;/h6-8,13,17H,5,9-12,14H2,1-4H3,(H,21,22);1H. The van der Waals surface area contributed by atoms with Crippen LogP contribution in [0.3, 0.4) is 0 Å². The molecule has 28 heavy (non-hydrogen) atoms. The summed E-state index contributed by atoms with van der Waals surface area (Å²) in [6, 6.07) is 6.68. The third-order valence-corrected chi connectivity index (χ3v) is 4.63. The highest BCUT2D eigenvalue weighted by Crippen LogP contribution is 2.18. The van der Waals surface area contributed by atoms with E-state index in [0.29, 0.717) is 39.3 Å². The second kappa shape index (κ2) is 12.1. The van der Waals surface area contributed by atoms with E-state index in [1.54, 1.807) is 31.0 Å². The second-order valence-corrected chi connectivity index (χ2v) is 6.64. The quantitative estimate of drug-likeness (QED) is 0.377. The molecule has 1 heterocycles. The van der Waals surface area contributed by atoms with Crippen molar-refractivity contribution in [3.8, 4) is 0 Å².